The number of halogens is 2. The van der Waals surface area contributed by atoms with Crippen molar-refractivity contribution in [2.75, 3.05) is 0 Å². The van der Waals surface area contributed by atoms with Crippen LogP contribution in [0.3, 0.4) is 0 Å². The Morgan fingerprint density at radius 1 is 1.24 bits per heavy atom. The maximum Gasteiger partial charge on any atom is 0.288 e. The number of amides is 1. The van der Waals surface area contributed by atoms with Crippen LogP contribution in [0.5, 0.6) is 0 Å². The van der Waals surface area contributed by atoms with Gasteiger partial charge in [0.25, 0.3) is 11.6 Å². The highest BCUT2D eigenvalue weighted by atomic mass is 35.5. The van der Waals surface area contributed by atoms with Gasteiger partial charge in [0, 0.05) is 6.07 Å². The van der Waals surface area contributed by atoms with E-state index in [0.717, 1.165) is 11.8 Å². The first-order valence-electron chi connectivity index (χ1n) is 6.91. The van der Waals surface area contributed by atoms with Gasteiger partial charge in [-0.3, -0.25) is 14.9 Å². The predicted molar refractivity (Wildman–Crippen MR) is 95.3 cm³/mol. The molecular weight excluding hydrogens is 369 g/mol. The van der Waals surface area contributed by atoms with Gasteiger partial charge >= 0.3 is 0 Å². The monoisotopic (exact) mass is 377 g/mol. The third-order valence-corrected chi connectivity index (χ3v) is 4.40. The van der Waals surface area contributed by atoms with E-state index in [4.69, 9.17) is 11.6 Å². The highest BCUT2D eigenvalue weighted by Crippen LogP contribution is 2.30. The molecule has 0 saturated carbocycles. The van der Waals surface area contributed by atoms with E-state index < -0.39 is 4.92 Å². The van der Waals surface area contributed by atoms with Crippen molar-refractivity contribution in [1.29, 1.82) is 0 Å². The Balaban J connectivity index is 1.85. The van der Waals surface area contributed by atoms with Gasteiger partial charge < -0.3 is 5.32 Å². The minimum absolute atomic E-state index is 0.0224. The summed E-state index contributed by atoms with van der Waals surface area (Å²) in [6.07, 6.45) is 1.51. The molecular formula is C16H9ClFN3O3S. The number of benzene rings is 2. The summed E-state index contributed by atoms with van der Waals surface area (Å²) in [4.78, 5) is 26.9. The van der Waals surface area contributed by atoms with Crippen LogP contribution >= 0.6 is 23.4 Å². The quantitative estimate of drug-likeness (QED) is 0.491. The van der Waals surface area contributed by atoms with Crippen LogP contribution in [0.2, 0.25) is 5.02 Å². The van der Waals surface area contributed by atoms with Crippen LogP contribution in [0.4, 0.5) is 15.8 Å². The van der Waals surface area contributed by atoms with Gasteiger partial charge in [-0.15, -0.1) is 0 Å². The topological polar surface area (TPSA) is 84.6 Å². The molecule has 1 heterocycles. The number of thioether (sulfide) groups is 1. The molecule has 0 atom stereocenters. The van der Waals surface area contributed by atoms with Crippen LogP contribution in [0, 0.1) is 15.9 Å². The third kappa shape index (κ3) is 4.04. The number of rotatable bonds is 3. The Bertz CT molecular complexity index is 929. The van der Waals surface area contributed by atoms with Crippen molar-refractivity contribution in [1.82, 2.24) is 5.32 Å². The van der Waals surface area contributed by atoms with Gasteiger partial charge in [-0.2, -0.15) is 0 Å². The third-order valence-electron chi connectivity index (χ3n) is 3.17. The number of hydrogen-bond donors (Lipinski definition) is 1. The molecule has 9 heteroatoms. The zero-order valence-electron chi connectivity index (χ0n) is 12.4. The number of amidine groups is 1. The molecule has 0 radical (unpaired) electrons. The first kappa shape index (κ1) is 17.1. The summed E-state index contributed by atoms with van der Waals surface area (Å²) in [6, 6.07) is 9.77. The largest absolute Gasteiger partial charge is 0.300 e. The minimum Gasteiger partial charge on any atom is -0.300 e. The van der Waals surface area contributed by atoms with E-state index in [1.165, 1.54) is 42.5 Å². The number of carbonyl (C=O) groups excluding carboxylic acids is 1. The number of hydrogen-bond acceptors (Lipinski definition) is 5. The SMILES string of the molecule is O=C1NC(=Nc2ccc(F)cc2)S/C1=C\c1ccc(Cl)c([N+](=O)[O-])c1. The molecule has 0 aliphatic carbocycles. The molecule has 0 spiro atoms. The maximum absolute atomic E-state index is 12.9. The fraction of sp³-hybridized carbons (Fsp3) is 0. The molecule has 0 bridgehead atoms. The van der Waals surface area contributed by atoms with E-state index in [9.17, 15) is 19.3 Å². The van der Waals surface area contributed by atoms with Crippen LogP contribution < -0.4 is 5.32 Å². The lowest BCUT2D eigenvalue weighted by Crippen LogP contribution is -2.19. The van der Waals surface area contributed by atoms with Crippen LogP contribution in [-0.4, -0.2) is 16.0 Å². The predicted octanol–water partition coefficient (Wildman–Crippen LogP) is 4.28. The second kappa shape index (κ2) is 7.04. The second-order valence-corrected chi connectivity index (χ2v) is 6.36. The molecule has 126 valence electrons. The van der Waals surface area contributed by atoms with Crippen molar-refractivity contribution in [3.05, 3.63) is 73.9 Å². The summed E-state index contributed by atoms with van der Waals surface area (Å²) >= 11 is 6.85. The van der Waals surface area contributed by atoms with E-state index in [1.807, 2.05) is 0 Å². The van der Waals surface area contributed by atoms with Gasteiger partial charge in [0.15, 0.2) is 5.17 Å². The van der Waals surface area contributed by atoms with E-state index in [2.05, 4.69) is 10.3 Å². The Hall–Kier alpha value is -2.71. The van der Waals surface area contributed by atoms with Crippen LogP contribution in [0.15, 0.2) is 52.4 Å². The van der Waals surface area contributed by atoms with Crippen LogP contribution in [0.25, 0.3) is 6.08 Å². The van der Waals surface area contributed by atoms with Gasteiger partial charge in [0.05, 0.1) is 15.5 Å². The lowest BCUT2D eigenvalue weighted by Gasteiger charge is -1.98. The van der Waals surface area contributed by atoms with Crippen LogP contribution in [0.1, 0.15) is 5.56 Å². The van der Waals surface area contributed by atoms with Gasteiger partial charge in [0.2, 0.25) is 0 Å². The van der Waals surface area contributed by atoms with Crippen molar-refractivity contribution >= 4 is 51.9 Å². The summed E-state index contributed by atoms with van der Waals surface area (Å²) in [5.74, 6) is -0.750. The Morgan fingerprint density at radius 2 is 1.96 bits per heavy atom. The fourth-order valence-corrected chi connectivity index (χ4v) is 3.05. The first-order chi connectivity index (χ1) is 11.9. The zero-order valence-corrected chi connectivity index (χ0v) is 14.0. The highest BCUT2D eigenvalue weighted by molar-refractivity contribution is 8.18. The molecule has 6 nitrogen and oxygen atoms in total. The van der Waals surface area contributed by atoms with Crippen molar-refractivity contribution in [2.45, 2.75) is 0 Å². The number of nitrogens with one attached hydrogen (secondary N) is 1. The second-order valence-electron chi connectivity index (χ2n) is 4.93. The Morgan fingerprint density at radius 3 is 2.64 bits per heavy atom. The maximum atomic E-state index is 12.9. The fourth-order valence-electron chi connectivity index (χ4n) is 2.02. The average Bonchev–Trinajstić information content (AvgIpc) is 2.90. The molecule has 2 aromatic carbocycles. The molecule has 1 N–H and O–H groups in total. The first-order valence-corrected chi connectivity index (χ1v) is 8.11. The molecule has 1 saturated heterocycles. The molecule has 1 aliphatic rings. The summed E-state index contributed by atoms with van der Waals surface area (Å²) in [5, 5.41) is 13.9. The normalized spacial score (nSPS) is 17.1. The molecule has 1 aliphatic heterocycles. The van der Waals surface area contributed by atoms with Crippen LogP contribution in [-0.2, 0) is 4.79 Å². The summed E-state index contributed by atoms with van der Waals surface area (Å²) in [6.45, 7) is 0. The van der Waals surface area contributed by atoms with E-state index in [-0.39, 0.29) is 22.4 Å². The van der Waals surface area contributed by atoms with Crippen molar-refractivity contribution in [3.8, 4) is 0 Å². The van der Waals surface area contributed by atoms with E-state index >= 15 is 0 Å². The smallest absolute Gasteiger partial charge is 0.288 e. The lowest BCUT2D eigenvalue weighted by molar-refractivity contribution is -0.384. The van der Waals surface area contributed by atoms with Gasteiger partial charge in [-0.05, 0) is 53.7 Å². The molecule has 2 aromatic rings. The van der Waals surface area contributed by atoms with Crippen molar-refractivity contribution in [2.24, 2.45) is 4.99 Å². The summed E-state index contributed by atoms with van der Waals surface area (Å²) in [5.41, 5.74) is 0.726. The highest BCUT2D eigenvalue weighted by Gasteiger charge is 2.24. The number of nitro benzene ring substituents is 1. The Labute approximate surface area is 150 Å². The molecule has 0 unspecified atom stereocenters. The average molecular weight is 378 g/mol. The van der Waals surface area contributed by atoms with Gasteiger partial charge in [-0.1, -0.05) is 17.7 Å². The molecule has 1 amide bonds. The zero-order chi connectivity index (χ0) is 18.0. The Kier molecular flexibility index (Phi) is 4.82. The number of nitrogens with zero attached hydrogens (tertiary/aromatic N) is 2. The minimum atomic E-state index is -0.590. The molecule has 25 heavy (non-hydrogen) atoms. The molecule has 0 aromatic heterocycles. The number of aliphatic imine (C=N–C) groups is 1. The van der Waals surface area contributed by atoms with Crippen molar-refractivity contribution < 1.29 is 14.1 Å². The molecule has 1 fully saturated rings. The number of nitro groups is 1. The van der Waals surface area contributed by atoms with Gasteiger partial charge in [-0.25, -0.2) is 9.38 Å². The van der Waals surface area contributed by atoms with E-state index in [0.29, 0.717) is 21.3 Å². The summed E-state index contributed by atoms with van der Waals surface area (Å²) in [7, 11) is 0. The standard InChI is InChI=1S/C16H9ClFN3O3S/c17-12-6-1-9(7-13(12)21(23)24)8-14-15(22)20-16(25-14)19-11-4-2-10(18)3-5-11/h1-8H,(H,19,20,22)/b14-8-. The van der Waals surface area contributed by atoms with Gasteiger partial charge in [0.1, 0.15) is 10.8 Å². The van der Waals surface area contributed by atoms with E-state index in [1.54, 1.807) is 6.07 Å². The van der Waals surface area contributed by atoms with Crippen molar-refractivity contribution in [3.63, 3.8) is 0 Å². The molecule has 3 rings (SSSR count). The number of carbonyl (C=O) groups is 1. The lowest BCUT2D eigenvalue weighted by atomic mass is 10.2. The summed E-state index contributed by atoms with van der Waals surface area (Å²) < 4.78 is 12.9.